The fraction of sp³-hybridized carbons (Fsp3) is 0.442. The molecule has 0 spiro atoms. The maximum absolute atomic E-state index is 13.5. The normalized spacial score (nSPS) is 21.8. The van der Waals surface area contributed by atoms with Gasteiger partial charge in [0.25, 0.3) is 17.7 Å². The smallest absolute Gasteiger partial charge is 0.254 e. The molecule has 15 rings (SSSR count). The van der Waals surface area contributed by atoms with Crippen LogP contribution in [0, 0.1) is 35.5 Å². The van der Waals surface area contributed by atoms with Crippen LogP contribution in [0.5, 0.6) is 5.88 Å². The molecule has 5 unspecified atom stereocenters. The van der Waals surface area contributed by atoms with Crippen molar-refractivity contribution < 1.29 is 24.2 Å². The van der Waals surface area contributed by atoms with E-state index in [2.05, 4.69) is 55.6 Å². The molecule has 1 N–H and O–H groups in total. The van der Waals surface area contributed by atoms with Crippen LogP contribution in [-0.4, -0.2) is 178 Å². The topological polar surface area (TPSA) is 139 Å². The number of amides is 3. The van der Waals surface area contributed by atoms with Crippen molar-refractivity contribution >= 4 is 120 Å². The molecule has 20 heteroatoms. The first-order valence-electron chi connectivity index (χ1n) is 38.1. The first-order valence-corrected chi connectivity index (χ1v) is 40.4. The lowest BCUT2D eigenvalue weighted by Crippen LogP contribution is -2.52. The highest BCUT2D eigenvalue weighted by Gasteiger charge is 2.38. The largest absolute Gasteiger partial charge is 0.481 e. The summed E-state index contributed by atoms with van der Waals surface area (Å²) in [7, 11) is 1.57. The SMILES string of the molecule is CC1CN(C2CCN(C(=O)c3ccc4ncccc4c3)CC2)CCC1Cc1ccc(Cl)c(Cl)c1.CCC1CN(C2CCN(C(=O)c3ccc4ncccc4c3)CC2)CCC1Cc1ccc(Cl)c(Cl)c1.COc1cc(C(=O)N2CCC(N3CCC(Cc4ccc(Cl)c(Cl)c4)[C@H](CO)C3)CC2)c2ccccc2n1. The van der Waals surface area contributed by atoms with Gasteiger partial charge >= 0.3 is 0 Å². The second kappa shape index (κ2) is 36.2. The third kappa shape index (κ3) is 19.0. The Morgan fingerprint density at radius 1 is 0.434 bits per heavy atom. The fourth-order valence-corrected chi connectivity index (χ4v) is 18.5. The molecule has 558 valence electrons. The van der Waals surface area contributed by atoms with E-state index in [1.807, 2.05) is 142 Å². The van der Waals surface area contributed by atoms with Crippen molar-refractivity contribution in [3.05, 3.63) is 222 Å². The molecule has 9 aromatic rings. The van der Waals surface area contributed by atoms with Crippen molar-refractivity contribution in [1.82, 2.24) is 44.4 Å². The summed E-state index contributed by atoms with van der Waals surface area (Å²) < 4.78 is 5.35. The standard InChI is InChI=1S/C29H33Cl2N3O3.C29H33Cl2N3O.C28H31Cl2N3O/c1-37-28-16-24(23-4-2-3-5-27(23)32-28)29(36)33-12-9-22(10-13-33)34-11-8-20(21(17-34)18-35)14-19-6-7-25(30)26(31)15-19;1-2-21-19-34(13-9-22(21)16-20-5-7-26(30)27(31)17-20)25-10-14-33(15-11-25)29(35)24-6-8-28-23(18-24)4-3-12-32-28;1-19-18-33(12-8-21(19)15-20-4-6-25(29)26(30)16-20)24-9-13-32(14-10-24)28(34)23-5-7-27-22(17-23)3-2-11-31-27/h2-7,15-16,20-22,35H,8-14,17-18H2,1H3;3-8,12,17-18,21-22,25H,2,9-11,13-16,19H2,1H3;2-7,11,16-17,19,21,24H,8-10,12-15,18H2,1H3/t20?,21-;;/m0../s1. The summed E-state index contributed by atoms with van der Waals surface area (Å²) in [5.41, 5.74) is 8.50. The van der Waals surface area contributed by atoms with Crippen molar-refractivity contribution in [1.29, 1.82) is 0 Å². The Labute approximate surface area is 654 Å². The van der Waals surface area contributed by atoms with Gasteiger partial charge < -0.3 is 24.5 Å². The second-order valence-corrected chi connectivity index (χ2v) is 32.6. The van der Waals surface area contributed by atoms with E-state index >= 15 is 0 Å². The maximum atomic E-state index is 13.5. The van der Waals surface area contributed by atoms with Gasteiger partial charge in [-0.3, -0.25) is 39.1 Å². The van der Waals surface area contributed by atoms with E-state index in [0.717, 1.165) is 187 Å². The molecule has 0 saturated carbocycles. The number of piperidine rings is 6. The molecule has 6 saturated heterocycles. The number of fused-ring (bicyclic) bond motifs is 3. The molecule has 0 bridgehead atoms. The van der Waals surface area contributed by atoms with Crippen LogP contribution in [0.2, 0.25) is 30.1 Å². The van der Waals surface area contributed by atoms with E-state index in [0.29, 0.717) is 89.3 Å². The van der Waals surface area contributed by atoms with Crippen molar-refractivity contribution in [2.45, 2.75) is 115 Å². The average Bonchev–Trinajstić information content (AvgIpc) is 0.794. The quantitative estimate of drug-likeness (QED) is 0.105. The minimum atomic E-state index is 0.0314. The maximum Gasteiger partial charge on any atom is 0.254 e. The molecule has 3 aromatic heterocycles. The van der Waals surface area contributed by atoms with Gasteiger partial charge in [0, 0.05) is 129 Å². The summed E-state index contributed by atoms with van der Waals surface area (Å²) in [4.78, 5) is 66.9. The van der Waals surface area contributed by atoms with Crippen LogP contribution >= 0.6 is 69.6 Å². The number of carbonyl (C=O) groups is 3. The van der Waals surface area contributed by atoms with E-state index in [1.165, 1.54) is 36.0 Å². The number of ether oxygens (including phenoxy) is 1. The summed E-state index contributed by atoms with van der Waals surface area (Å²) in [6.07, 6.45) is 17.3. The fourth-order valence-electron chi connectivity index (χ4n) is 17.5. The van der Waals surface area contributed by atoms with Crippen LogP contribution < -0.4 is 4.74 Å². The third-order valence-electron chi connectivity index (χ3n) is 23.8. The van der Waals surface area contributed by atoms with Crippen molar-refractivity contribution in [2.75, 3.05) is 92.3 Å². The number of hydrogen-bond acceptors (Lipinski definition) is 11. The van der Waals surface area contributed by atoms with Crippen LogP contribution in [0.4, 0.5) is 0 Å². The van der Waals surface area contributed by atoms with Gasteiger partial charge in [-0.25, -0.2) is 4.98 Å². The number of benzene rings is 6. The van der Waals surface area contributed by atoms with Crippen molar-refractivity contribution in [3.63, 3.8) is 0 Å². The number of likely N-dealkylation sites (tertiary alicyclic amines) is 6. The molecule has 0 aliphatic carbocycles. The number of methoxy groups -OCH3 is 1. The van der Waals surface area contributed by atoms with Gasteiger partial charge in [-0.15, -0.1) is 0 Å². The molecular formula is C86H97Cl6N9O5. The van der Waals surface area contributed by atoms with Crippen molar-refractivity contribution in [3.8, 4) is 5.88 Å². The zero-order chi connectivity index (χ0) is 74.0. The van der Waals surface area contributed by atoms with Gasteiger partial charge in [-0.1, -0.05) is 138 Å². The second-order valence-electron chi connectivity index (χ2n) is 30.2. The molecule has 6 atom stereocenters. The van der Waals surface area contributed by atoms with E-state index in [-0.39, 0.29) is 30.2 Å². The average molecular weight is 1550 g/mol. The zero-order valence-corrected chi connectivity index (χ0v) is 65.5. The lowest BCUT2D eigenvalue weighted by Gasteiger charge is -2.45. The molecule has 6 aromatic carbocycles. The minimum absolute atomic E-state index is 0.0314. The van der Waals surface area contributed by atoms with Crippen LogP contribution in [0.3, 0.4) is 0 Å². The molecule has 14 nitrogen and oxygen atoms in total. The molecule has 9 heterocycles. The molecule has 6 fully saturated rings. The Hall–Kier alpha value is -6.66. The number of aliphatic hydroxyl groups is 1. The van der Waals surface area contributed by atoms with E-state index in [4.69, 9.17) is 74.3 Å². The van der Waals surface area contributed by atoms with Gasteiger partial charge in [0.1, 0.15) is 0 Å². The van der Waals surface area contributed by atoms with Crippen LogP contribution in [0.1, 0.15) is 126 Å². The highest BCUT2D eigenvalue weighted by atomic mass is 35.5. The summed E-state index contributed by atoms with van der Waals surface area (Å²) in [5, 5.41) is 16.8. The van der Waals surface area contributed by atoms with E-state index < -0.39 is 0 Å². The number of carbonyl (C=O) groups excluding carboxylic acids is 3. The first-order chi connectivity index (χ1) is 51.4. The molecule has 106 heavy (non-hydrogen) atoms. The van der Waals surface area contributed by atoms with Gasteiger partial charge in [-0.05, 0) is 240 Å². The number of halogens is 6. The highest BCUT2D eigenvalue weighted by molar-refractivity contribution is 6.43. The Morgan fingerprint density at radius 2 is 0.858 bits per heavy atom. The van der Waals surface area contributed by atoms with Crippen molar-refractivity contribution in [2.24, 2.45) is 35.5 Å². The Balaban J connectivity index is 0.000000141. The number of pyridine rings is 3. The number of aliphatic hydroxyl groups excluding tert-OH is 1. The first kappa shape index (κ1) is 77.5. The van der Waals surface area contributed by atoms with Crippen LogP contribution in [0.25, 0.3) is 32.7 Å². The zero-order valence-electron chi connectivity index (χ0n) is 61.0. The van der Waals surface area contributed by atoms with Gasteiger partial charge in [0.05, 0.1) is 59.4 Å². The predicted octanol–water partition coefficient (Wildman–Crippen LogP) is 18.4. The molecule has 6 aliphatic rings. The lowest BCUT2D eigenvalue weighted by atomic mass is 9.79. The summed E-state index contributed by atoms with van der Waals surface area (Å²) in [6.45, 7) is 16.0. The van der Waals surface area contributed by atoms with E-state index in [1.54, 1.807) is 25.6 Å². The summed E-state index contributed by atoms with van der Waals surface area (Å²) >= 11 is 37.0. The molecule has 3 amide bonds. The highest BCUT2D eigenvalue weighted by Crippen LogP contribution is 2.38. The van der Waals surface area contributed by atoms with Crippen LogP contribution in [0.15, 0.2) is 158 Å². The molecular weight excluding hydrogens is 1450 g/mol. The third-order valence-corrected chi connectivity index (χ3v) is 26.0. The van der Waals surface area contributed by atoms with Gasteiger partial charge in [0.15, 0.2) is 0 Å². The van der Waals surface area contributed by atoms with E-state index in [9.17, 15) is 19.5 Å². The minimum Gasteiger partial charge on any atom is -0.481 e. The summed E-state index contributed by atoms with van der Waals surface area (Å²) in [5.74, 6) is 4.06. The molecule has 0 radical (unpaired) electrons. The van der Waals surface area contributed by atoms with Gasteiger partial charge in [-0.2, -0.15) is 0 Å². The lowest BCUT2D eigenvalue weighted by molar-refractivity contribution is 0.0242. The number of nitrogens with zero attached hydrogens (tertiary/aromatic N) is 9. The number of rotatable bonds is 15. The Kier molecular flexibility index (Phi) is 26.5. The molecule has 6 aliphatic heterocycles. The monoisotopic (exact) mass is 1550 g/mol. The Bertz CT molecular complexity index is 4530. The number of aromatic nitrogens is 3. The number of hydrogen-bond donors (Lipinski definition) is 1. The predicted molar refractivity (Wildman–Crippen MR) is 432 cm³/mol. The van der Waals surface area contributed by atoms with Crippen LogP contribution in [-0.2, 0) is 19.3 Å². The Morgan fingerprint density at radius 3 is 1.30 bits per heavy atom. The summed E-state index contributed by atoms with van der Waals surface area (Å²) in [6, 6.07) is 48.4. The van der Waals surface area contributed by atoms with Gasteiger partial charge in [0.2, 0.25) is 5.88 Å². The number of para-hydroxylation sites is 1.